The third-order valence-electron chi connectivity index (χ3n) is 3.56. The summed E-state index contributed by atoms with van der Waals surface area (Å²) in [4.78, 5) is 2.45. The van der Waals surface area contributed by atoms with Gasteiger partial charge in [0, 0.05) is 23.9 Å². The third kappa shape index (κ3) is 2.11. The molecule has 1 saturated heterocycles. The average molecular weight is 197 g/mol. The van der Waals surface area contributed by atoms with Crippen molar-refractivity contribution < 1.29 is 4.74 Å². The monoisotopic (exact) mass is 197 g/mol. The van der Waals surface area contributed by atoms with Crippen LogP contribution in [0.15, 0.2) is 12.8 Å². The second kappa shape index (κ2) is 3.58. The SMILES string of the molecule is C=COC1CC(C)(C)N(C)C(C)(C)C1. The molecule has 0 spiro atoms. The van der Waals surface area contributed by atoms with Gasteiger partial charge in [0.2, 0.25) is 0 Å². The summed E-state index contributed by atoms with van der Waals surface area (Å²) in [6.45, 7) is 12.7. The van der Waals surface area contributed by atoms with Gasteiger partial charge in [0.25, 0.3) is 0 Å². The maximum Gasteiger partial charge on any atom is 0.101 e. The van der Waals surface area contributed by atoms with Gasteiger partial charge in [0.15, 0.2) is 0 Å². The van der Waals surface area contributed by atoms with Gasteiger partial charge in [-0.05, 0) is 34.7 Å². The van der Waals surface area contributed by atoms with E-state index in [9.17, 15) is 0 Å². The molecule has 0 bridgehead atoms. The van der Waals surface area contributed by atoms with Crippen molar-refractivity contribution in [2.45, 2.75) is 57.7 Å². The number of hydrogen-bond donors (Lipinski definition) is 0. The summed E-state index contributed by atoms with van der Waals surface area (Å²) in [6.07, 6.45) is 4.02. The van der Waals surface area contributed by atoms with E-state index in [0.717, 1.165) is 12.8 Å². The highest BCUT2D eigenvalue weighted by molar-refractivity contribution is 4.99. The molecule has 14 heavy (non-hydrogen) atoms. The van der Waals surface area contributed by atoms with Gasteiger partial charge in [0.05, 0.1) is 6.26 Å². The summed E-state index contributed by atoms with van der Waals surface area (Å²) in [6, 6.07) is 0. The smallest absolute Gasteiger partial charge is 0.101 e. The Morgan fingerprint density at radius 1 is 1.21 bits per heavy atom. The molecular formula is C12H23NO. The summed E-state index contributed by atoms with van der Waals surface area (Å²) in [7, 11) is 2.20. The molecule has 0 N–H and O–H groups in total. The van der Waals surface area contributed by atoms with Crippen LogP contribution in [0.4, 0.5) is 0 Å². The normalized spacial score (nSPS) is 27.2. The van der Waals surface area contributed by atoms with Crippen molar-refractivity contribution in [3.8, 4) is 0 Å². The Hall–Kier alpha value is -0.500. The van der Waals surface area contributed by atoms with Crippen LogP contribution in [-0.4, -0.2) is 29.1 Å². The van der Waals surface area contributed by atoms with Crippen molar-refractivity contribution in [2.24, 2.45) is 0 Å². The molecule has 0 unspecified atom stereocenters. The number of rotatable bonds is 2. The molecule has 0 aromatic carbocycles. The molecule has 0 atom stereocenters. The van der Waals surface area contributed by atoms with Crippen LogP contribution in [0.3, 0.4) is 0 Å². The van der Waals surface area contributed by atoms with Crippen LogP contribution in [0.2, 0.25) is 0 Å². The summed E-state index contributed by atoms with van der Waals surface area (Å²) in [5.41, 5.74) is 0.408. The van der Waals surface area contributed by atoms with Crippen LogP contribution in [0, 0.1) is 0 Å². The minimum absolute atomic E-state index is 0.204. The van der Waals surface area contributed by atoms with Crippen LogP contribution in [-0.2, 0) is 4.74 Å². The topological polar surface area (TPSA) is 12.5 Å². The van der Waals surface area contributed by atoms with E-state index in [-0.39, 0.29) is 11.1 Å². The highest BCUT2D eigenvalue weighted by atomic mass is 16.5. The molecule has 1 aliphatic heterocycles. The summed E-state index contributed by atoms with van der Waals surface area (Å²) >= 11 is 0. The second-order valence-corrected chi connectivity index (χ2v) is 5.52. The largest absolute Gasteiger partial charge is 0.499 e. The first-order valence-electron chi connectivity index (χ1n) is 5.30. The van der Waals surface area contributed by atoms with Crippen LogP contribution < -0.4 is 0 Å². The predicted molar refractivity (Wildman–Crippen MR) is 60.2 cm³/mol. The van der Waals surface area contributed by atoms with Gasteiger partial charge in [-0.1, -0.05) is 6.58 Å². The molecule has 0 amide bonds. The zero-order chi connectivity index (χ0) is 11.0. The first-order chi connectivity index (χ1) is 6.29. The van der Waals surface area contributed by atoms with Gasteiger partial charge in [-0.3, -0.25) is 4.90 Å². The fourth-order valence-electron chi connectivity index (χ4n) is 2.51. The van der Waals surface area contributed by atoms with E-state index in [1.165, 1.54) is 0 Å². The van der Waals surface area contributed by atoms with E-state index in [4.69, 9.17) is 4.74 Å². The first-order valence-corrected chi connectivity index (χ1v) is 5.30. The minimum atomic E-state index is 0.204. The number of piperidine rings is 1. The lowest BCUT2D eigenvalue weighted by atomic mass is 9.79. The van der Waals surface area contributed by atoms with Crippen LogP contribution in [0.5, 0.6) is 0 Å². The van der Waals surface area contributed by atoms with E-state index in [1.54, 1.807) is 6.26 Å². The zero-order valence-electron chi connectivity index (χ0n) is 10.1. The number of ether oxygens (including phenoxy) is 1. The minimum Gasteiger partial charge on any atom is -0.499 e. The maximum atomic E-state index is 5.54. The highest BCUT2D eigenvalue weighted by Crippen LogP contribution is 2.37. The molecule has 0 aromatic heterocycles. The first kappa shape index (κ1) is 11.6. The van der Waals surface area contributed by atoms with Crippen LogP contribution in [0.1, 0.15) is 40.5 Å². The van der Waals surface area contributed by atoms with Crippen LogP contribution in [0.25, 0.3) is 0 Å². The van der Waals surface area contributed by atoms with Crippen molar-refractivity contribution in [2.75, 3.05) is 7.05 Å². The molecular weight excluding hydrogens is 174 g/mol. The van der Waals surface area contributed by atoms with Crippen molar-refractivity contribution in [3.05, 3.63) is 12.8 Å². The molecule has 2 heteroatoms. The van der Waals surface area contributed by atoms with Gasteiger partial charge in [-0.25, -0.2) is 0 Å². The van der Waals surface area contributed by atoms with Crippen molar-refractivity contribution in [1.29, 1.82) is 0 Å². The Kier molecular flexibility index (Phi) is 2.96. The summed E-state index contributed by atoms with van der Waals surface area (Å²) in [5.74, 6) is 0. The van der Waals surface area contributed by atoms with E-state index in [1.807, 2.05) is 0 Å². The summed E-state index contributed by atoms with van der Waals surface area (Å²) in [5, 5.41) is 0. The third-order valence-corrected chi connectivity index (χ3v) is 3.56. The lowest BCUT2D eigenvalue weighted by Gasteiger charge is -2.53. The maximum absolute atomic E-state index is 5.54. The highest BCUT2D eigenvalue weighted by Gasteiger charge is 2.43. The van der Waals surface area contributed by atoms with E-state index >= 15 is 0 Å². The van der Waals surface area contributed by atoms with Crippen molar-refractivity contribution >= 4 is 0 Å². The quantitative estimate of drug-likeness (QED) is 0.631. The fraction of sp³-hybridized carbons (Fsp3) is 0.833. The van der Waals surface area contributed by atoms with Gasteiger partial charge in [-0.2, -0.15) is 0 Å². The fourth-order valence-corrected chi connectivity index (χ4v) is 2.51. The molecule has 0 aliphatic carbocycles. The van der Waals surface area contributed by atoms with E-state index in [0.29, 0.717) is 6.10 Å². The lowest BCUT2D eigenvalue weighted by molar-refractivity contribution is -0.0682. The molecule has 1 heterocycles. The molecule has 0 saturated carbocycles. The second-order valence-electron chi connectivity index (χ2n) is 5.52. The van der Waals surface area contributed by atoms with Crippen molar-refractivity contribution in [3.63, 3.8) is 0 Å². The molecule has 1 aliphatic rings. The van der Waals surface area contributed by atoms with Gasteiger partial charge < -0.3 is 4.74 Å². The van der Waals surface area contributed by atoms with Gasteiger partial charge in [-0.15, -0.1) is 0 Å². The molecule has 0 radical (unpaired) electrons. The van der Waals surface area contributed by atoms with Crippen molar-refractivity contribution in [1.82, 2.24) is 4.90 Å². The standard InChI is InChI=1S/C12H23NO/c1-7-14-10-8-11(2,3)13(6)12(4,5)9-10/h7,10H,1,8-9H2,2-6H3. The Morgan fingerprint density at radius 3 is 2.00 bits per heavy atom. The molecule has 1 fully saturated rings. The summed E-state index contributed by atoms with van der Waals surface area (Å²) < 4.78 is 5.54. The van der Waals surface area contributed by atoms with E-state index in [2.05, 4.69) is 46.2 Å². The van der Waals surface area contributed by atoms with Gasteiger partial charge in [0.1, 0.15) is 6.10 Å². The average Bonchev–Trinajstić information content (AvgIpc) is 1.99. The molecule has 82 valence electrons. The Morgan fingerprint density at radius 2 is 1.64 bits per heavy atom. The number of nitrogens with zero attached hydrogens (tertiary/aromatic N) is 1. The number of hydrogen-bond acceptors (Lipinski definition) is 2. The number of likely N-dealkylation sites (tertiary alicyclic amines) is 1. The molecule has 1 rings (SSSR count). The molecule has 2 nitrogen and oxygen atoms in total. The van der Waals surface area contributed by atoms with Crippen LogP contribution >= 0.6 is 0 Å². The zero-order valence-corrected chi connectivity index (χ0v) is 10.1. The van der Waals surface area contributed by atoms with Gasteiger partial charge >= 0.3 is 0 Å². The Balaban J connectivity index is 2.80. The lowest BCUT2D eigenvalue weighted by Crippen LogP contribution is -2.60. The van der Waals surface area contributed by atoms with E-state index < -0.39 is 0 Å². The Labute approximate surface area is 87.9 Å². The Bertz CT molecular complexity index is 202. The molecule has 0 aromatic rings. The predicted octanol–water partition coefficient (Wildman–Crippen LogP) is 2.80.